The highest BCUT2D eigenvalue weighted by molar-refractivity contribution is 6.04. The molecule has 1 fully saturated rings. The van der Waals surface area contributed by atoms with E-state index in [9.17, 15) is 14.4 Å². The number of primary amides is 1. The van der Waals surface area contributed by atoms with Gasteiger partial charge in [-0.25, -0.2) is 0 Å². The third-order valence-electron chi connectivity index (χ3n) is 4.83. The van der Waals surface area contributed by atoms with Crippen molar-refractivity contribution in [3.8, 4) is 0 Å². The first-order valence-electron chi connectivity index (χ1n) is 8.04. The van der Waals surface area contributed by atoms with E-state index in [-0.39, 0.29) is 23.6 Å². The number of carbonyl (C=O) groups is 3. The van der Waals surface area contributed by atoms with Gasteiger partial charge in [-0.15, -0.1) is 0 Å². The summed E-state index contributed by atoms with van der Waals surface area (Å²) in [7, 11) is 0. The number of nitrogens with one attached hydrogen (secondary N) is 1. The molecule has 1 aromatic carbocycles. The fraction of sp³-hybridized carbons (Fsp3) is 0.412. The van der Waals surface area contributed by atoms with Gasteiger partial charge in [0.1, 0.15) is 6.29 Å². The number of fused-ring (bicyclic) bond motifs is 1. The summed E-state index contributed by atoms with van der Waals surface area (Å²) in [6, 6.07) is 7.48. The topological polar surface area (TPSA) is 107 Å². The monoisotopic (exact) mass is 328 g/mol. The molecule has 1 saturated carbocycles. The van der Waals surface area contributed by atoms with Crippen LogP contribution in [-0.2, 0) is 16.1 Å². The molecule has 0 aliphatic heterocycles. The van der Waals surface area contributed by atoms with Crippen LogP contribution in [0.5, 0.6) is 0 Å². The summed E-state index contributed by atoms with van der Waals surface area (Å²) in [6.07, 6.45) is 4.21. The smallest absolute Gasteiger partial charge is 0.269 e. The van der Waals surface area contributed by atoms with Gasteiger partial charge in [-0.2, -0.15) is 5.10 Å². The summed E-state index contributed by atoms with van der Waals surface area (Å²) in [4.78, 5) is 33.8. The zero-order valence-electron chi connectivity index (χ0n) is 13.2. The maximum atomic E-state index is 11.6. The minimum Gasteiger partial charge on any atom is -0.364 e. The van der Waals surface area contributed by atoms with Gasteiger partial charge < -0.3 is 15.8 Å². The van der Waals surface area contributed by atoms with Crippen molar-refractivity contribution in [2.45, 2.75) is 31.8 Å². The van der Waals surface area contributed by atoms with E-state index in [4.69, 9.17) is 5.73 Å². The third kappa shape index (κ3) is 3.02. The predicted octanol–water partition coefficient (Wildman–Crippen LogP) is 0.865. The number of nitrogens with two attached hydrogens (primary N) is 1. The lowest BCUT2D eigenvalue weighted by Crippen LogP contribution is -2.27. The number of aromatic nitrogens is 2. The second-order valence-electron chi connectivity index (χ2n) is 6.27. The van der Waals surface area contributed by atoms with Crippen molar-refractivity contribution in [2.24, 2.45) is 17.6 Å². The van der Waals surface area contributed by atoms with E-state index in [1.807, 2.05) is 18.2 Å². The Labute approximate surface area is 139 Å². The van der Waals surface area contributed by atoms with Gasteiger partial charge in [-0.05, 0) is 31.2 Å². The van der Waals surface area contributed by atoms with Gasteiger partial charge in [-0.1, -0.05) is 18.2 Å². The zero-order valence-corrected chi connectivity index (χ0v) is 13.2. The number of hydrogen-bond donors (Lipinski definition) is 2. The standard InChI is InChI=1S/C17H20N4O3/c18-17(24)16-14-3-1-2-4-15(14)21(20-16)8-12(9-22)11-5-6-13(7-11)19-10-23/h1-4,9-13H,5-8H2,(H2,18,24)(H,19,23). The van der Waals surface area contributed by atoms with Gasteiger partial charge in [0.25, 0.3) is 5.91 Å². The Morgan fingerprint density at radius 1 is 1.38 bits per heavy atom. The minimum atomic E-state index is -0.580. The first-order valence-corrected chi connectivity index (χ1v) is 8.04. The number of carbonyl (C=O) groups excluding carboxylic acids is 3. The molecule has 0 saturated heterocycles. The molecule has 7 heteroatoms. The van der Waals surface area contributed by atoms with E-state index in [0.717, 1.165) is 31.1 Å². The first kappa shape index (κ1) is 16.2. The summed E-state index contributed by atoms with van der Waals surface area (Å²) in [5, 5.41) is 7.80. The molecule has 3 N–H and O–H groups in total. The van der Waals surface area contributed by atoms with Crippen LogP contribution in [0.15, 0.2) is 24.3 Å². The van der Waals surface area contributed by atoms with Crippen LogP contribution in [0.4, 0.5) is 0 Å². The van der Waals surface area contributed by atoms with Crippen molar-refractivity contribution in [1.82, 2.24) is 15.1 Å². The number of amides is 2. The van der Waals surface area contributed by atoms with Crippen LogP contribution >= 0.6 is 0 Å². The Morgan fingerprint density at radius 2 is 2.17 bits per heavy atom. The highest BCUT2D eigenvalue weighted by Gasteiger charge is 2.31. The molecule has 2 aromatic rings. The molecule has 1 aliphatic rings. The lowest BCUT2D eigenvalue weighted by molar-refractivity contribution is -0.113. The quantitative estimate of drug-likeness (QED) is 0.735. The molecule has 0 bridgehead atoms. The number of aldehydes is 1. The molecule has 7 nitrogen and oxygen atoms in total. The molecule has 3 atom stereocenters. The molecular formula is C17H20N4O3. The summed E-state index contributed by atoms with van der Waals surface area (Å²) in [6.45, 7) is 0.399. The molecule has 3 unspecified atom stereocenters. The maximum absolute atomic E-state index is 11.6. The molecule has 126 valence electrons. The van der Waals surface area contributed by atoms with E-state index in [1.165, 1.54) is 0 Å². The first-order chi connectivity index (χ1) is 11.6. The lowest BCUT2D eigenvalue weighted by Gasteiger charge is -2.18. The normalized spacial score (nSPS) is 21.5. The summed E-state index contributed by atoms with van der Waals surface area (Å²) in [5.41, 5.74) is 6.42. The van der Waals surface area contributed by atoms with Crippen molar-refractivity contribution in [3.05, 3.63) is 30.0 Å². The fourth-order valence-electron chi connectivity index (χ4n) is 3.60. The van der Waals surface area contributed by atoms with Crippen molar-refractivity contribution < 1.29 is 14.4 Å². The minimum absolute atomic E-state index is 0.130. The molecule has 2 amide bonds. The van der Waals surface area contributed by atoms with Crippen molar-refractivity contribution in [2.75, 3.05) is 0 Å². The number of rotatable bonds is 7. The summed E-state index contributed by atoms with van der Waals surface area (Å²) >= 11 is 0. The van der Waals surface area contributed by atoms with Gasteiger partial charge >= 0.3 is 0 Å². The molecule has 0 radical (unpaired) electrons. The van der Waals surface area contributed by atoms with Gasteiger partial charge in [0.15, 0.2) is 5.69 Å². The average molecular weight is 328 g/mol. The van der Waals surface area contributed by atoms with E-state index in [1.54, 1.807) is 10.7 Å². The molecule has 0 spiro atoms. The Balaban J connectivity index is 1.84. The number of para-hydroxylation sites is 1. The van der Waals surface area contributed by atoms with E-state index >= 15 is 0 Å². The van der Waals surface area contributed by atoms with Gasteiger partial charge in [0.05, 0.1) is 12.1 Å². The molecule has 1 aliphatic carbocycles. The zero-order chi connectivity index (χ0) is 17.1. The second kappa shape index (κ2) is 6.82. The Morgan fingerprint density at radius 3 is 2.88 bits per heavy atom. The Hall–Kier alpha value is -2.70. The van der Waals surface area contributed by atoms with Crippen LogP contribution in [-0.4, -0.2) is 34.4 Å². The molecule has 24 heavy (non-hydrogen) atoms. The third-order valence-corrected chi connectivity index (χ3v) is 4.83. The summed E-state index contributed by atoms with van der Waals surface area (Å²) in [5.74, 6) is -0.601. The number of benzene rings is 1. The Bertz CT molecular complexity index is 770. The van der Waals surface area contributed by atoms with Crippen LogP contribution < -0.4 is 11.1 Å². The number of hydrogen-bond acceptors (Lipinski definition) is 4. The Kier molecular flexibility index (Phi) is 4.59. The van der Waals surface area contributed by atoms with E-state index in [0.29, 0.717) is 18.3 Å². The lowest BCUT2D eigenvalue weighted by atomic mass is 9.92. The SMILES string of the molecule is NC(=O)c1nn(CC(C=O)C2CCC(NC=O)C2)c2ccccc12. The van der Waals surface area contributed by atoms with Crippen LogP contribution in [0, 0.1) is 11.8 Å². The van der Waals surface area contributed by atoms with Crippen LogP contribution in [0.2, 0.25) is 0 Å². The van der Waals surface area contributed by atoms with Gasteiger partial charge in [0, 0.05) is 17.3 Å². The second-order valence-corrected chi connectivity index (χ2v) is 6.27. The number of nitrogens with zero attached hydrogens (tertiary/aromatic N) is 2. The highest BCUT2D eigenvalue weighted by atomic mass is 16.1. The average Bonchev–Trinajstić information content (AvgIpc) is 3.18. The summed E-state index contributed by atoms with van der Waals surface area (Å²) < 4.78 is 1.69. The van der Waals surface area contributed by atoms with Crippen molar-refractivity contribution in [1.29, 1.82) is 0 Å². The molecular weight excluding hydrogens is 308 g/mol. The maximum Gasteiger partial charge on any atom is 0.269 e. The highest BCUT2D eigenvalue weighted by Crippen LogP contribution is 2.32. The van der Waals surface area contributed by atoms with Crippen LogP contribution in [0.1, 0.15) is 29.8 Å². The van der Waals surface area contributed by atoms with Crippen molar-refractivity contribution in [3.63, 3.8) is 0 Å². The van der Waals surface area contributed by atoms with Gasteiger partial charge in [-0.3, -0.25) is 14.3 Å². The van der Waals surface area contributed by atoms with E-state index < -0.39 is 5.91 Å². The van der Waals surface area contributed by atoms with E-state index in [2.05, 4.69) is 10.4 Å². The molecule has 3 rings (SSSR count). The largest absolute Gasteiger partial charge is 0.364 e. The predicted molar refractivity (Wildman–Crippen MR) is 88.1 cm³/mol. The van der Waals surface area contributed by atoms with Crippen LogP contribution in [0.3, 0.4) is 0 Å². The molecule has 1 aromatic heterocycles. The van der Waals surface area contributed by atoms with Crippen LogP contribution in [0.25, 0.3) is 10.9 Å². The van der Waals surface area contributed by atoms with Gasteiger partial charge in [0.2, 0.25) is 6.41 Å². The molecule has 1 heterocycles. The fourth-order valence-corrected chi connectivity index (χ4v) is 3.60. The van der Waals surface area contributed by atoms with Crippen molar-refractivity contribution >= 4 is 29.5 Å².